The third-order valence-corrected chi connectivity index (χ3v) is 5.33. The molecule has 26 heavy (non-hydrogen) atoms. The van der Waals surface area contributed by atoms with Crippen molar-refractivity contribution >= 4 is 28.7 Å². The maximum atomic E-state index is 13.1. The van der Waals surface area contributed by atoms with Gasteiger partial charge in [-0.1, -0.05) is 49.4 Å². The van der Waals surface area contributed by atoms with Crippen LogP contribution in [0.3, 0.4) is 0 Å². The molecule has 1 amide bonds. The van der Waals surface area contributed by atoms with E-state index in [-0.39, 0.29) is 11.8 Å². The number of fused-ring (bicyclic) bond motifs is 1. The molecule has 0 spiro atoms. The van der Waals surface area contributed by atoms with Gasteiger partial charge in [0.1, 0.15) is 17.2 Å². The highest BCUT2D eigenvalue weighted by molar-refractivity contribution is 7.13. The number of amides is 1. The van der Waals surface area contributed by atoms with Crippen molar-refractivity contribution < 1.29 is 4.79 Å². The van der Waals surface area contributed by atoms with Crippen molar-refractivity contribution in [1.29, 1.82) is 0 Å². The predicted octanol–water partition coefficient (Wildman–Crippen LogP) is 5.20. The summed E-state index contributed by atoms with van der Waals surface area (Å²) in [4.78, 5) is 18.8. The molecule has 0 aliphatic heterocycles. The van der Waals surface area contributed by atoms with Crippen LogP contribution in [-0.2, 0) is 4.79 Å². The molecule has 0 aliphatic carbocycles. The first-order valence-corrected chi connectivity index (χ1v) is 9.52. The summed E-state index contributed by atoms with van der Waals surface area (Å²) >= 11 is 1.62. The SMILES string of the molecule is CC[C@H](C(=O)Nc1c(-c2cccs2)nc2ccccn12)c1ccccc1. The number of hydrogen-bond donors (Lipinski definition) is 1. The molecule has 0 radical (unpaired) electrons. The molecule has 0 aliphatic rings. The van der Waals surface area contributed by atoms with Crippen LogP contribution in [0.25, 0.3) is 16.2 Å². The Bertz CT molecular complexity index is 1020. The number of carbonyl (C=O) groups excluding carboxylic acids is 1. The van der Waals surface area contributed by atoms with Crippen LogP contribution < -0.4 is 5.32 Å². The summed E-state index contributed by atoms with van der Waals surface area (Å²) in [5.41, 5.74) is 2.65. The summed E-state index contributed by atoms with van der Waals surface area (Å²) < 4.78 is 1.94. The number of nitrogens with one attached hydrogen (secondary N) is 1. The van der Waals surface area contributed by atoms with Gasteiger partial charge in [0.05, 0.1) is 10.8 Å². The highest BCUT2D eigenvalue weighted by Crippen LogP contribution is 2.33. The number of anilines is 1. The first kappa shape index (κ1) is 16.5. The highest BCUT2D eigenvalue weighted by Gasteiger charge is 2.22. The van der Waals surface area contributed by atoms with Crippen LogP contribution >= 0.6 is 11.3 Å². The van der Waals surface area contributed by atoms with Crippen molar-refractivity contribution in [2.45, 2.75) is 19.3 Å². The fourth-order valence-electron chi connectivity index (χ4n) is 3.16. The molecule has 4 nitrogen and oxygen atoms in total. The Hall–Kier alpha value is -2.92. The molecular formula is C21H19N3OS. The number of nitrogens with zero attached hydrogens (tertiary/aromatic N) is 2. The molecule has 0 fully saturated rings. The second kappa shape index (κ2) is 7.14. The lowest BCUT2D eigenvalue weighted by molar-refractivity contribution is -0.117. The standard InChI is InChI=1S/C21H19N3OS/c1-2-16(15-9-4-3-5-10-15)21(25)23-20-19(17-11-8-14-26-17)22-18-12-6-7-13-24(18)20/h3-14,16H,2H2,1H3,(H,23,25)/t16-/m0/s1. The largest absolute Gasteiger partial charge is 0.309 e. The van der Waals surface area contributed by atoms with E-state index in [0.29, 0.717) is 0 Å². The van der Waals surface area contributed by atoms with E-state index in [1.165, 1.54) is 0 Å². The molecule has 4 rings (SSSR count). The van der Waals surface area contributed by atoms with Gasteiger partial charge >= 0.3 is 0 Å². The minimum atomic E-state index is -0.193. The molecule has 4 aromatic rings. The van der Waals surface area contributed by atoms with Gasteiger partial charge in [0, 0.05) is 6.20 Å². The van der Waals surface area contributed by atoms with E-state index in [2.05, 4.69) is 5.32 Å². The van der Waals surface area contributed by atoms with Crippen molar-refractivity contribution in [2.24, 2.45) is 0 Å². The van der Waals surface area contributed by atoms with E-state index >= 15 is 0 Å². The van der Waals surface area contributed by atoms with Gasteiger partial charge in [0.15, 0.2) is 0 Å². The summed E-state index contributed by atoms with van der Waals surface area (Å²) in [5.74, 6) is 0.520. The molecule has 1 N–H and O–H groups in total. The smallest absolute Gasteiger partial charge is 0.233 e. The number of imidazole rings is 1. The molecule has 1 atom stereocenters. The second-order valence-electron chi connectivity index (χ2n) is 6.08. The number of hydrogen-bond acceptors (Lipinski definition) is 3. The van der Waals surface area contributed by atoms with E-state index < -0.39 is 0 Å². The average Bonchev–Trinajstić information content (AvgIpc) is 3.32. The Morgan fingerprint density at radius 2 is 1.92 bits per heavy atom. The monoisotopic (exact) mass is 361 g/mol. The van der Waals surface area contributed by atoms with Gasteiger partial charge in [0.2, 0.25) is 5.91 Å². The third-order valence-electron chi connectivity index (χ3n) is 4.45. The molecule has 0 saturated carbocycles. The average molecular weight is 361 g/mol. The number of carbonyl (C=O) groups is 1. The second-order valence-corrected chi connectivity index (χ2v) is 7.02. The first-order chi connectivity index (χ1) is 12.8. The van der Waals surface area contributed by atoms with E-state index in [1.807, 2.05) is 83.6 Å². The van der Waals surface area contributed by atoms with Crippen LogP contribution in [-0.4, -0.2) is 15.3 Å². The van der Waals surface area contributed by atoms with Crippen LogP contribution in [0.5, 0.6) is 0 Å². The van der Waals surface area contributed by atoms with E-state index in [1.54, 1.807) is 11.3 Å². The quantitative estimate of drug-likeness (QED) is 0.531. The lowest BCUT2D eigenvalue weighted by Crippen LogP contribution is -2.21. The van der Waals surface area contributed by atoms with E-state index in [0.717, 1.165) is 34.0 Å². The van der Waals surface area contributed by atoms with Crippen molar-refractivity contribution in [1.82, 2.24) is 9.38 Å². The number of benzene rings is 1. The Morgan fingerprint density at radius 3 is 2.65 bits per heavy atom. The van der Waals surface area contributed by atoms with Crippen LogP contribution in [0, 0.1) is 0 Å². The van der Waals surface area contributed by atoms with Crippen LogP contribution in [0.4, 0.5) is 5.82 Å². The number of thiophene rings is 1. The molecule has 5 heteroatoms. The van der Waals surface area contributed by atoms with Crippen molar-refractivity contribution in [3.63, 3.8) is 0 Å². The predicted molar refractivity (Wildman–Crippen MR) is 107 cm³/mol. The van der Waals surface area contributed by atoms with Gasteiger partial charge in [0.25, 0.3) is 0 Å². The molecule has 3 aromatic heterocycles. The topological polar surface area (TPSA) is 46.4 Å². The maximum Gasteiger partial charge on any atom is 0.233 e. The summed E-state index contributed by atoms with van der Waals surface area (Å²) in [6.07, 6.45) is 2.67. The van der Waals surface area contributed by atoms with Crippen molar-refractivity contribution in [3.05, 3.63) is 77.8 Å². The molecular weight excluding hydrogens is 342 g/mol. The molecule has 0 unspecified atom stereocenters. The summed E-state index contributed by atoms with van der Waals surface area (Å²) in [6, 6.07) is 19.8. The summed E-state index contributed by atoms with van der Waals surface area (Å²) in [5, 5.41) is 5.16. The van der Waals surface area contributed by atoms with E-state index in [9.17, 15) is 4.79 Å². The zero-order valence-corrected chi connectivity index (χ0v) is 15.2. The van der Waals surface area contributed by atoms with Gasteiger partial charge < -0.3 is 5.32 Å². The Morgan fingerprint density at radius 1 is 1.12 bits per heavy atom. The minimum Gasteiger partial charge on any atom is -0.309 e. The lowest BCUT2D eigenvalue weighted by atomic mass is 9.96. The molecule has 3 heterocycles. The Kier molecular flexibility index (Phi) is 4.54. The number of rotatable bonds is 5. The van der Waals surface area contributed by atoms with Crippen molar-refractivity contribution in [3.8, 4) is 10.6 Å². The summed E-state index contributed by atoms with van der Waals surface area (Å²) in [6.45, 7) is 2.03. The fraction of sp³-hybridized carbons (Fsp3) is 0.143. The van der Waals surface area contributed by atoms with Crippen LogP contribution in [0.1, 0.15) is 24.8 Å². The zero-order chi connectivity index (χ0) is 17.9. The van der Waals surface area contributed by atoms with Crippen molar-refractivity contribution in [2.75, 3.05) is 5.32 Å². The number of pyridine rings is 1. The van der Waals surface area contributed by atoms with Crippen LogP contribution in [0.2, 0.25) is 0 Å². The van der Waals surface area contributed by atoms with Crippen LogP contribution in [0.15, 0.2) is 72.2 Å². The maximum absolute atomic E-state index is 13.1. The zero-order valence-electron chi connectivity index (χ0n) is 14.4. The fourth-order valence-corrected chi connectivity index (χ4v) is 3.88. The first-order valence-electron chi connectivity index (χ1n) is 8.64. The molecule has 130 valence electrons. The van der Waals surface area contributed by atoms with E-state index in [4.69, 9.17) is 4.98 Å². The minimum absolute atomic E-state index is 0.0119. The summed E-state index contributed by atoms with van der Waals surface area (Å²) in [7, 11) is 0. The lowest BCUT2D eigenvalue weighted by Gasteiger charge is -2.16. The van der Waals surface area contributed by atoms with Gasteiger partial charge in [-0.15, -0.1) is 11.3 Å². The Balaban J connectivity index is 1.74. The molecule has 0 bridgehead atoms. The number of aromatic nitrogens is 2. The van der Waals surface area contributed by atoms with Gasteiger partial charge in [-0.25, -0.2) is 4.98 Å². The van der Waals surface area contributed by atoms with Gasteiger partial charge in [-0.3, -0.25) is 9.20 Å². The third kappa shape index (κ3) is 3.02. The van der Waals surface area contributed by atoms with Gasteiger partial charge in [-0.2, -0.15) is 0 Å². The van der Waals surface area contributed by atoms with Gasteiger partial charge in [-0.05, 0) is 35.6 Å². The highest BCUT2D eigenvalue weighted by atomic mass is 32.1. The molecule has 1 aromatic carbocycles. The normalized spacial score (nSPS) is 12.2. The molecule has 0 saturated heterocycles. The Labute approximate surface area is 156 Å².